The molecule has 2 aliphatic rings. The van der Waals surface area contributed by atoms with E-state index in [9.17, 15) is 0 Å². The Balaban J connectivity index is 1.69. The number of aromatic nitrogens is 1. The van der Waals surface area contributed by atoms with Crippen LogP contribution in [-0.2, 0) is 5.41 Å². The molecule has 0 saturated carbocycles. The molecule has 152 valence electrons. The van der Waals surface area contributed by atoms with Crippen molar-refractivity contribution in [2.24, 2.45) is 0 Å². The minimum Gasteiger partial charge on any atom is -0.308 e. The van der Waals surface area contributed by atoms with Gasteiger partial charge in [0, 0.05) is 40.0 Å². The van der Waals surface area contributed by atoms with Gasteiger partial charge in [-0.3, -0.25) is 4.98 Å². The molecule has 1 aliphatic carbocycles. The van der Waals surface area contributed by atoms with Gasteiger partial charge in [0.15, 0.2) is 0 Å². The molecule has 0 bridgehead atoms. The van der Waals surface area contributed by atoms with Crippen molar-refractivity contribution in [3.05, 3.63) is 108 Å². The van der Waals surface area contributed by atoms with Crippen LogP contribution >= 0.6 is 0 Å². The molecule has 0 unspecified atom stereocenters. The Morgan fingerprint density at radius 2 is 1.41 bits per heavy atom. The summed E-state index contributed by atoms with van der Waals surface area (Å²) in [4.78, 5) is 6.74. The van der Waals surface area contributed by atoms with E-state index in [4.69, 9.17) is 0 Å². The van der Waals surface area contributed by atoms with Gasteiger partial charge in [0.2, 0.25) is 0 Å². The van der Waals surface area contributed by atoms with Gasteiger partial charge < -0.3 is 4.90 Å². The van der Waals surface area contributed by atoms with E-state index >= 15 is 0 Å². The lowest BCUT2D eigenvalue weighted by atomic mass is 9.81. The molecule has 4 aromatic carbocycles. The van der Waals surface area contributed by atoms with Crippen molar-refractivity contribution in [1.29, 1.82) is 0 Å². The number of fused-ring (bicyclic) bond motifs is 6. The van der Waals surface area contributed by atoms with Crippen LogP contribution < -0.4 is 4.90 Å². The predicted octanol–water partition coefficient (Wildman–Crippen LogP) is 7.99. The molecule has 0 atom stereocenters. The van der Waals surface area contributed by atoms with Crippen molar-refractivity contribution in [2.45, 2.75) is 19.3 Å². The standard InChI is InChI=1S/C30H22N2/c1-30(2)24-11-4-3-9-23(24)28-25(30)14-13-22-21-10-5-7-19-8-6-12-26(27(19)21)32(29(22)28)20-15-17-31-18-16-20/h3-18H,1-2H3. The summed E-state index contributed by atoms with van der Waals surface area (Å²) in [6.07, 6.45) is 3.77. The minimum absolute atomic E-state index is 0.0339. The highest BCUT2D eigenvalue weighted by Crippen LogP contribution is 2.59. The van der Waals surface area contributed by atoms with Crippen molar-refractivity contribution in [2.75, 3.05) is 4.90 Å². The van der Waals surface area contributed by atoms with Gasteiger partial charge in [0.1, 0.15) is 0 Å². The number of hydrogen-bond donors (Lipinski definition) is 0. The third-order valence-corrected chi connectivity index (χ3v) is 7.28. The Labute approximate surface area is 187 Å². The fraction of sp³-hybridized carbons (Fsp3) is 0.100. The van der Waals surface area contributed by atoms with E-state index in [-0.39, 0.29) is 5.41 Å². The SMILES string of the molecule is CC1(C)c2ccccc2-c2c1ccc1c2N(c2ccncc2)c2cccc3cccc-1c23. The van der Waals surface area contributed by atoms with Crippen molar-refractivity contribution in [3.8, 4) is 22.3 Å². The first-order valence-corrected chi connectivity index (χ1v) is 11.2. The summed E-state index contributed by atoms with van der Waals surface area (Å²) >= 11 is 0. The predicted molar refractivity (Wildman–Crippen MR) is 133 cm³/mol. The fourth-order valence-corrected chi connectivity index (χ4v) is 5.84. The molecule has 0 N–H and O–H groups in total. The van der Waals surface area contributed by atoms with E-state index in [2.05, 4.69) is 109 Å². The van der Waals surface area contributed by atoms with Crippen LogP contribution in [0.2, 0.25) is 0 Å². The highest BCUT2D eigenvalue weighted by molar-refractivity contribution is 6.16. The topological polar surface area (TPSA) is 16.1 Å². The average molecular weight is 411 g/mol. The van der Waals surface area contributed by atoms with Crippen LogP contribution in [0.25, 0.3) is 33.0 Å². The Morgan fingerprint density at radius 1 is 0.656 bits per heavy atom. The molecule has 7 rings (SSSR count). The quantitative estimate of drug-likeness (QED) is 0.273. The average Bonchev–Trinajstić information content (AvgIpc) is 3.07. The van der Waals surface area contributed by atoms with Crippen LogP contribution in [0.15, 0.2) is 97.3 Å². The summed E-state index contributed by atoms with van der Waals surface area (Å²) in [6.45, 7) is 4.69. The Hall–Kier alpha value is -3.91. The third-order valence-electron chi connectivity index (χ3n) is 7.28. The molecule has 1 aliphatic heterocycles. The molecule has 0 spiro atoms. The maximum Gasteiger partial charge on any atom is 0.0622 e. The van der Waals surface area contributed by atoms with Crippen LogP contribution in [0.4, 0.5) is 17.1 Å². The van der Waals surface area contributed by atoms with Crippen molar-refractivity contribution >= 4 is 27.8 Å². The molecule has 1 aromatic heterocycles. The summed E-state index contributed by atoms with van der Waals surface area (Å²) in [5.74, 6) is 0. The van der Waals surface area contributed by atoms with E-state index in [1.165, 1.54) is 55.5 Å². The van der Waals surface area contributed by atoms with Gasteiger partial charge in [-0.05, 0) is 45.8 Å². The van der Waals surface area contributed by atoms with Gasteiger partial charge in [-0.2, -0.15) is 0 Å². The first-order valence-electron chi connectivity index (χ1n) is 11.2. The molecule has 2 heteroatoms. The largest absolute Gasteiger partial charge is 0.308 e. The van der Waals surface area contributed by atoms with Gasteiger partial charge in [0.05, 0.1) is 11.4 Å². The van der Waals surface area contributed by atoms with Crippen LogP contribution in [0, 0.1) is 0 Å². The van der Waals surface area contributed by atoms with Gasteiger partial charge in [-0.15, -0.1) is 0 Å². The third kappa shape index (κ3) is 2.12. The van der Waals surface area contributed by atoms with Gasteiger partial charge in [-0.1, -0.05) is 80.6 Å². The summed E-state index contributed by atoms with van der Waals surface area (Å²) in [5, 5.41) is 2.58. The summed E-state index contributed by atoms with van der Waals surface area (Å²) in [6, 6.07) is 31.1. The molecule has 2 nitrogen and oxygen atoms in total. The lowest BCUT2D eigenvalue weighted by Gasteiger charge is -2.35. The van der Waals surface area contributed by atoms with Crippen LogP contribution in [0.5, 0.6) is 0 Å². The molecule has 0 fully saturated rings. The molecule has 2 heterocycles. The lowest BCUT2D eigenvalue weighted by molar-refractivity contribution is 0.660. The zero-order valence-electron chi connectivity index (χ0n) is 18.1. The van der Waals surface area contributed by atoms with E-state index in [0.29, 0.717) is 0 Å². The Bertz CT molecular complexity index is 1540. The highest BCUT2D eigenvalue weighted by atomic mass is 15.2. The smallest absolute Gasteiger partial charge is 0.0622 e. The second-order valence-corrected chi connectivity index (χ2v) is 9.28. The van der Waals surface area contributed by atoms with Gasteiger partial charge >= 0.3 is 0 Å². The number of nitrogens with zero attached hydrogens (tertiary/aromatic N) is 2. The second kappa shape index (κ2) is 6.08. The lowest BCUT2D eigenvalue weighted by Crippen LogP contribution is -2.18. The fourth-order valence-electron chi connectivity index (χ4n) is 5.84. The molecule has 32 heavy (non-hydrogen) atoms. The van der Waals surface area contributed by atoms with Gasteiger partial charge in [-0.25, -0.2) is 0 Å². The monoisotopic (exact) mass is 410 g/mol. The Kier molecular flexibility index (Phi) is 3.37. The molecule has 5 aromatic rings. The molecule has 0 radical (unpaired) electrons. The van der Waals surface area contributed by atoms with Gasteiger partial charge in [0.25, 0.3) is 0 Å². The maximum atomic E-state index is 4.29. The van der Waals surface area contributed by atoms with Crippen LogP contribution in [0.3, 0.4) is 0 Å². The van der Waals surface area contributed by atoms with E-state index in [1.54, 1.807) is 0 Å². The first-order chi connectivity index (χ1) is 15.7. The summed E-state index contributed by atoms with van der Waals surface area (Å²) in [7, 11) is 0. The summed E-state index contributed by atoms with van der Waals surface area (Å²) in [5.41, 5.74) is 11.7. The number of rotatable bonds is 1. The minimum atomic E-state index is -0.0339. The van der Waals surface area contributed by atoms with E-state index in [0.717, 1.165) is 5.69 Å². The Morgan fingerprint density at radius 3 is 2.25 bits per heavy atom. The number of pyridine rings is 1. The van der Waals surface area contributed by atoms with Crippen molar-refractivity contribution in [1.82, 2.24) is 4.98 Å². The molecule has 0 saturated heterocycles. The molecular weight excluding hydrogens is 388 g/mol. The number of anilines is 3. The van der Waals surface area contributed by atoms with Crippen molar-refractivity contribution in [3.63, 3.8) is 0 Å². The molecular formula is C30H22N2. The number of benzene rings is 4. The van der Waals surface area contributed by atoms with Crippen LogP contribution in [0.1, 0.15) is 25.0 Å². The van der Waals surface area contributed by atoms with Crippen molar-refractivity contribution < 1.29 is 0 Å². The second-order valence-electron chi connectivity index (χ2n) is 9.28. The normalized spacial score (nSPS) is 14.8. The number of hydrogen-bond acceptors (Lipinski definition) is 2. The highest BCUT2D eigenvalue weighted by Gasteiger charge is 2.40. The van der Waals surface area contributed by atoms with Crippen LogP contribution in [-0.4, -0.2) is 4.98 Å². The van der Waals surface area contributed by atoms with E-state index in [1.807, 2.05) is 12.4 Å². The summed E-state index contributed by atoms with van der Waals surface area (Å²) < 4.78 is 0. The van der Waals surface area contributed by atoms with E-state index < -0.39 is 0 Å². The zero-order valence-corrected chi connectivity index (χ0v) is 18.1. The first kappa shape index (κ1) is 17.7. The maximum absolute atomic E-state index is 4.29. The molecule has 0 amide bonds. The zero-order chi connectivity index (χ0) is 21.4.